The second kappa shape index (κ2) is 4.37. The van der Waals surface area contributed by atoms with Gasteiger partial charge in [-0.2, -0.15) is 0 Å². The Morgan fingerprint density at radius 2 is 2.50 bits per heavy atom. The molecule has 0 spiro atoms. The first-order chi connectivity index (χ1) is 5.74. The lowest BCUT2D eigenvalue weighted by Crippen LogP contribution is -2.10. The first-order valence-corrected chi connectivity index (χ1v) is 5.46. The van der Waals surface area contributed by atoms with Crippen LogP contribution in [0.1, 0.15) is 5.69 Å². The molecular formula is C7H13N3OS. The highest BCUT2D eigenvalue weighted by atomic mass is 32.2. The molecular weight excluding hydrogens is 174 g/mol. The molecule has 0 aliphatic carbocycles. The first kappa shape index (κ1) is 9.41. The third kappa shape index (κ3) is 2.42. The van der Waals surface area contributed by atoms with Crippen LogP contribution in [-0.4, -0.2) is 25.8 Å². The van der Waals surface area contributed by atoms with E-state index in [0.717, 1.165) is 12.2 Å². The number of nitrogens with two attached hydrogens (primary N) is 1. The molecule has 0 fully saturated rings. The largest absolute Gasteiger partial charge is 0.333 e. The lowest BCUT2D eigenvalue weighted by molar-refractivity contribution is 0.670. The van der Waals surface area contributed by atoms with Gasteiger partial charge in [-0.05, 0) is 0 Å². The summed E-state index contributed by atoms with van der Waals surface area (Å²) < 4.78 is 12.7. The maximum atomic E-state index is 10.8. The van der Waals surface area contributed by atoms with Crippen molar-refractivity contribution in [1.82, 2.24) is 9.55 Å². The van der Waals surface area contributed by atoms with Crippen molar-refractivity contribution in [2.75, 3.05) is 12.0 Å². The molecule has 0 aromatic carbocycles. The van der Waals surface area contributed by atoms with Gasteiger partial charge in [-0.25, -0.2) is 4.98 Å². The lowest BCUT2D eigenvalue weighted by Gasteiger charge is -2.03. The van der Waals surface area contributed by atoms with Gasteiger partial charge >= 0.3 is 0 Å². The lowest BCUT2D eigenvalue weighted by atomic mass is 10.4. The summed E-state index contributed by atoms with van der Waals surface area (Å²) in [7, 11) is -0.750. The maximum Gasteiger partial charge on any atom is 0.0948 e. The molecule has 0 aliphatic rings. The van der Waals surface area contributed by atoms with Crippen LogP contribution in [0, 0.1) is 0 Å². The summed E-state index contributed by atoms with van der Waals surface area (Å²) in [6, 6.07) is 0. The number of rotatable bonds is 4. The van der Waals surface area contributed by atoms with E-state index in [1.54, 1.807) is 18.8 Å². The van der Waals surface area contributed by atoms with E-state index in [9.17, 15) is 4.21 Å². The van der Waals surface area contributed by atoms with Gasteiger partial charge in [0.25, 0.3) is 0 Å². The Hall–Kier alpha value is -0.680. The van der Waals surface area contributed by atoms with Gasteiger partial charge in [-0.15, -0.1) is 0 Å². The minimum absolute atomic E-state index is 0.482. The third-order valence-electron chi connectivity index (χ3n) is 1.63. The van der Waals surface area contributed by atoms with Gasteiger partial charge in [0.2, 0.25) is 0 Å². The van der Waals surface area contributed by atoms with Crippen LogP contribution in [0.4, 0.5) is 0 Å². The molecule has 0 amide bonds. The zero-order chi connectivity index (χ0) is 8.97. The second-order valence-corrected chi connectivity index (χ2v) is 4.11. The predicted octanol–water partition coefficient (Wildman–Crippen LogP) is -0.280. The molecule has 0 saturated carbocycles. The summed E-state index contributed by atoms with van der Waals surface area (Å²) in [5.41, 5.74) is 6.45. The van der Waals surface area contributed by atoms with Crippen molar-refractivity contribution in [3.05, 3.63) is 18.2 Å². The van der Waals surface area contributed by atoms with Gasteiger partial charge in [0, 0.05) is 42.1 Å². The minimum Gasteiger partial charge on any atom is -0.333 e. The van der Waals surface area contributed by atoms with Crippen molar-refractivity contribution in [2.45, 2.75) is 13.1 Å². The van der Waals surface area contributed by atoms with Crippen molar-refractivity contribution >= 4 is 10.8 Å². The van der Waals surface area contributed by atoms with Gasteiger partial charge < -0.3 is 10.3 Å². The topological polar surface area (TPSA) is 60.9 Å². The maximum absolute atomic E-state index is 10.8. The standard InChI is InChI=1S/C7H13N3OS/c1-12(11)3-2-10-6-9-5-7(10)4-8/h5-6H,2-4,8H2,1H3. The van der Waals surface area contributed by atoms with E-state index >= 15 is 0 Å². The Kier molecular flexibility index (Phi) is 3.43. The SMILES string of the molecule is CS(=O)CCn1cncc1CN. The van der Waals surface area contributed by atoms with Crippen molar-refractivity contribution in [1.29, 1.82) is 0 Å². The van der Waals surface area contributed by atoms with Crippen LogP contribution >= 0.6 is 0 Å². The predicted molar refractivity (Wildman–Crippen MR) is 49.1 cm³/mol. The molecule has 5 heteroatoms. The molecule has 1 aromatic heterocycles. The van der Waals surface area contributed by atoms with E-state index in [0.29, 0.717) is 12.3 Å². The smallest absolute Gasteiger partial charge is 0.0948 e. The van der Waals surface area contributed by atoms with Crippen molar-refractivity contribution in [3.8, 4) is 0 Å². The molecule has 2 N–H and O–H groups in total. The molecule has 0 radical (unpaired) electrons. The second-order valence-electron chi connectivity index (χ2n) is 2.56. The molecule has 0 bridgehead atoms. The van der Waals surface area contributed by atoms with Crippen molar-refractivity contribution < 1.29 is 4.21 Å². The normalized spacial score (nSPS) is 13.2. The van der Waals surface area contributed by atoms with Gasteiger partial charge in [0.05, 0.1) is 12.0 Å². The first-order valence-electron chi connectivity index (χ1n) is 3.73. The molecule has 1 unspecified atom stereocenters. The molecule has 0 saturated heterocycles. The number of nitrogens with zero attached hydrogens (tertiary/aromatic N) is 2. The zero-order valence-corrected chi connectivity index (χ0v) is 7.88. The van der Waals surface area contributed by atoms with Crippen LogP contribution in [0.25, 0.3) is 0 Å². The zero-order valence-electron chi connectivity index (χ0n) is 7.06. The van der Waals surface area contributed by atoms with Gasteiger partial charge in [0.15, 0.2) is 0 Å². The number of hydrogen-bond donors (Lipinski definition) is 1. The average Bonchev–Trinajstić information content (AvgIpc) is 2.47. The van der Waals surface area contributed by atoms with Gasteiger partial charge in [0.1, 0.15) is 0 Å². The Morgan fingerprint density at radius 3 is 3.08 bits per heavy atom. The summed E-state index contributed by atoms with van der Waals surface area (Å²) in [6.07, 6.45) is 5.15. The fourth-order valence-electron chi connectivity index (χ4n) is 0.946. The van der Waals surface area contributed by atoms with Crippen LogP contribution < -0.4 is 5.73 Å². The summed E-state index contributed by atoms with van der Waals surface area (Å²) >= 11 is 0. The molecule has 4 nitrogen and oxygen atoms in total. The average molecular weight is 187 g/mol. The van der Waals surface area contributed by atoms with E-state index in [4.69, 9.17) is 5.73 Å². The number of imidazole rings is 1. The molecule has 1 rings (SSSR count). The molecule has 1 atom stereocenters. The summed E-state index contributed by atoms with van der Waals surface area (Å²) in [5.74, 6) is 0.656. The van der Waals surface area contributed by atoms with Crippen LogP contribution in [0.5, 0.6) is 0 Å². The van der Waals surface area contributed by atoms with Gasteiger partial charge in [-0.1, -0.05) is 0 Å². The third-order valence-corrected chi connectivity index (χ3v) is 2.38. The van der Waals surface area contributed by atoms with Crippen molar-refractivity contribution in [3.63, 3.8) is 0 Å². The molecule has 12 heavy (non-hydrogen) atoms. The Morgan fingerprint density at radius 1 is 1.75 bits per heavy atom. The highest BCUT2D eigenvalue weighted by Gasteiger charge is 1.99. The van der Waals surface area contributed by atoms with Crippen LogP contribution in [-0.2, 0) is 23.9 Å². The van der Waals surface area contributed by atoms with E-state index < -0.39 is 10.8 Å². The number of aryl methyl sites for hydroxylation is 1. The van der Waals surface area contributed by atoms with Crippen molar-refractivity contribution in [2.24, 2.45) is 5.73 Å². The summed E-state index contributed by atoms with van der Waals surface area (Å²) in [6.45, 7) is 1.21. The number of hydrogen-bond acceptors (Lipinski definition) is 3. The molecule has 68 valence electrons. The summed E-state index contributed by atoms with van der Waals surface area (Å²) in [4.78, 5) is 3.95. The Balaban J connectivity index is 2.56. The highest BCUT2D eigenvalue weighted by Crippen LogP contribution is 1.97. The van der Waals surface area contributed by atoms with Crippen LogP contribution in [0.3, 0.4) is 0 Å². The van der Waals surface area contributed by atoms with E-state index in [2.05, 4.69) is 4.98 Å². The molecule has 1 aromatic rings. The summed E-state index contributed by atoms with van der Waals surface area (Å²) in [5, 5.41) is 0. The molecule has 0 aliphatic heterocycles. The number of aromatic nitrogens is 2. The van der Waals surface area contributed by atoms with Crippen LogP contribution in [0.15, 0.2) is 12.5 Å². The fraction of sp³-hybridized carbons (Fsp3) is 0.571. The minimum atomic E-state index is -0.750. The Bertz CT molecular complexity index is 271. The fourth-order valence-corrected chi connectivity index (χ4v) is 1.40. The van der Waals surface area contributed by atoms with Crippen LogP contribution in [0.2, 0.25) is 0 Å². The van der Waals surface area contributed by atoms with E-state index in [1.807, 2.05) is 4.57 Å². The molecule has 1 heterocycles. The van der Waals surface area contributed by atoms with E-state index in [-0.39, 0.29) is 0 Å². The van der Waals surface area contributed by atoms with E-state index in [1.165, 1.54) is 0 Å². The highest BCUT2D eigenvalue weighted by molar-refractivity contribution is 7.84. The monoisotopic (exact) mass is 187 g/mol. The van der Waals surface area contributed by atoms with Gasteiger partial charge in [-0.3, -0.25) is 4.21 Å². The Labute approximate surface area is 74.2 Å². The quantitative estimate of drug-likeness (QED) is 0.705.